The van der Waals surface area contributed by atoms with Crippen LogP contribution in [0.3, 0.4) is 0 Å². The Morgan fingerprint density at radius 1 is 0.909 bits per heavy atom. The Kier molecular flexibility index (Phi) is 9.19. The van der Waals surface area contributed by atoms with Crippen molar-refractivity contribution in [1.82, 2.24) is 30.4 Å². The SMILES string of the molecule is COc1nc(O[C@H]2CCc3c(-c4cccc(C(=O)Nc5ccc(CN6CC7(CNC(=O)C7)C6)cn5)c4Cl)cccc32)c(Cl)cc1CN1CC2(CNC(=O)C2)C1. The maximum atomic E-state index is 13.5. The van der Waals surface area contributed by atoms with E-state index in [1.165, 1.54) is 0 Å². The van der Waals surface area contributed by atoms with E-state index in [1.807, 2.05) is 42.5 Å². The Bertz CT molecular complexity index is 2200. The molecule has 4 aromatic rings. The smallest absolute Gasteiger partial charge is 0.258 e. The molecule has 1 aliphatic carbocycles. The van der Waals surface area contributed by atoms with Crippen LogP contribution in [0.1, 0.15) is 58.0 Å². The normalized spacial score (nSPS) is 20.8. The van der Waals surface area contributed by atoms with Crippen molar-refractivity contribution < 1.29 is 23.9 Å². The average molecular weight is 783 g/mol. The molecule has 2 aromatic carbocycles. The van der Waals surface area contributed by atoms with E-state index in [2.05, 4.69) is 35.7 Å². The first-order valence-corrected chi connectivity index (χ1v) is 19.4. The van der Waals surface area contributed by atoms with Crippen molar-refractivity contribution in [3.05, 3.63) is 98.7 Å². The number of likely N-dealkylation sites (tertiary alicyclic amines) is 2. The van der Waals surface area contributed by atoms with Crippen LogP contribution in [0.5, 0.6) is 11.8 Å². The highest BCUT2D eigenvalue weighted by Gasteiger charge is 2.49. The molecule has 0 radical (unpaired) electrons. The second kappa shape index (κ2) is 14.1. The molecule has 4 fully saturated rings. The summed E-state index contributed by atoms with van der Waals surface area (Å²) in [6.07, 6.45) is 4.12. The molecule has 0 bridgehead atoms. The number of methoxy groups -OCH3 is 1. The minimum Gasteiger partial charge on any atom is -0.481 e. The zero-order chi connectivity index (χ0) is 37.9. The van der Waals surface area contributed by atoms with Gasteiger partial charge in [-0.1, -0.05) is 59.6 Å². The molecule has 5 aliphatic rings. The molecule has 2 spiro atoms. The van der Waals surface area contributed by atoms with Crippen molar-refractivity contribution in [2.45, 2.75) is 44.9 Å². The molecule has 1 atom stereocenters. The summed E-state index contributed by atoms with van der Waals surface area (Å²) in [4.78, 5) is 50.7. The monoisotopic (exact) mass is 781 g/mol. The Morgan fingerprint density at radius 3 is 2.25 bits per heavy atom. The molecule has 4 saturated heterocycles. The molecule has 4 aliphatic heterocycles. The number of amides is 3. The van der Waals surface area contributed by atoms with E-state index in [0.29, 0.717) is 59.0 Å². The summed E-state index contributed by atoms with van der Waals surface area (Å²) in [6, 6.07) is 17.1. The summed E-state index contributed by atoms with van der Waals surface area (Å²) in [6.45, 7) is 6.27. The van der Waals surface area contributed by atoms with Crippen molar-refractivity contribution in [2.24, 2.45) is 10.8 Å². The molecule has 3 amide bonds. The zero-order valence-corrected chi connectivity index (χ0v) is 31.9. The molecular formula is C41H41Cl2N7O5. The summed E-state index contributed by atoms with van der Waals surface area (Å²) in [5.74, 6) is 1.12. The summed E-state index contributed by atoms with van der Waals surface area (Å²) >= 11 is 13.8. The Balaban J connectivity index is 0.857. The number of hydrogen-bond donors (Lipinski definition) is 3. The van der Waals surface area contributed by atoms with Gasteiger partial charge in [0.15, 0.2) is 0 Å². The molecule has 14 heteroatoms. The first-order valence-electron chi connectivity index (χ1n) is 18.6. The number of halogens is 2. The quantitative estimate of drug-likeness (QED) is 0.193. The predicted octanol–water partition coefficient (Wildman–Crippen LogP) is 5.42. The molecule has 3 N–H and O–H groups in total. The number of hydrogen-bond acceptors (Lipinski definition) is 9. The highest BCUT2D eigenvalue weighted by atomic mass is 35.5. The van der Waals surface area contributed by atoms with Crippen LogP contribution in [-0.4, -0.2) is 83.9 Å². The van der Waals surface area contributed by atoms with Crippen LogP contribution in [0.25, 0.3) is 11.1 Å². The number of benzene rings is 2. The average Bonchev–Trinajstić information content (AvgIpc) is 3.86. The fourth-order valence-electron chi connectivity index (χ4n) is 9.16. The van der Waals surface area contributed by atoms with Crippen LogP contribution in [0, 0.1) is 10.8 Å². The van der Waals surface area contributed by atoms with Gasteiger partial charge in [-0.15, -0.1) is 0 Å². The number of ether oxygens (including phenoxy) is 2. The van der Waals surface area contributed by atoms with E-state index in [9.17, 15) is 14.4 Å². The molecule has 0 saturated carbocycles. The van der Waals surface area contributed by atoms with Crippen LogP contribution in [0.2, 0.25) is 10.0 Å². The Morgan fingerprint density at radius 2 is 1.60 bits per heavy atom. The third kappa shape index (κ3) is 6.90. The molecule has 284 valence electrons. The lowest BCUT2D eigenvalue weighted by atomic mass is 9.79. The van der Waals surface area contributed by atoms with Crippen LogP contribution >= 0.6 is 23.2 Å². The van der Waals surface area contributed by atoms with E-state index < -0.39 is 0 Å². The Hall–Kier alpha value is -4.75. The first-order chi connectivity index (χ1) is 26.6. The number of fused-ring (bicyclic) bond motifs is 1. The fourth-order valence-corrected chi connectivity index (χ4v) is 9.69. The highest BCUT2D eigenvalue weighted by molar-refractivity contribution is 6.37. The van der Waals surface area contributed by atoms with Gasteiger partial charge in [-0.25, -0.2) is 4.98 Å². The number of pyridine rings is 2. The third-order valence-electron chi connectivity index (χ3n) is 11.7. The fraction of sp³-hybridized carbons (Fsp3) is 0.390. The summed E-state index contributed by atoms with van der Waals surface area (Å²) in [7, 11) is 1.59. The molecular weight excluding hydrogens is 741 g/mol. The van der Waals surface area contributed by atoms with Gasteiger partial charge in [0.1, 0.15) is 16.9 Å². The second-order valence-electron chi connectivity index (χ2n) is 15.8. The molecule has 0 unspecified atom stereocenters. The molecule has 55 heavy (non-hydrogen) atoms. The topological polar surface area (TPSA) is 138 Å². The maximum absolute atomic E-state index is 13.5. The number of carbonyl (C=O) groups excluding carboxylic acids is 3. The van der Waals surface area contributed by atoms with E-state index in [1.54, 1.807) is 25.4 Å². The predicted molar refractivity (Wildman–Crippen MR) is 207 cm³/mol. The maximum Gasteiger partial charge on any atom is 0.258 e. The number of carbonyl (C=O) groups is 3. The standard InChI is InChI=1S/C41H41Cl2N7O5/c1-54-38-25(17-50-22-41(23-50)14-35(52)46-19-41)12-31(42)39(48-38)55-32-10-9-27-26(4-2-5-28(27)32)29-6-3-7-30(36(29)43)37(53)47-33-11-8-24(15-44-33)16-49-20-40(21-49)13-34(51)45-18-40/h2-8,11-12,15,32H,9-10,13-14,16-23H2,1H3,(H,45,51)(H,46,52)(H,44,47,53)/t32-/m0/s1. The third-order valence-corrected chi connectivity index (χ3v) is 12.4. The van der Waals surface area contributed by atoms with Crippen molar-refractivity contribution in [3.8, 4) is 22.9 Å². The van der Waals surface area contributed by atoms with Crippen molar-refractivity contribution >= 4 is 46.7 Å². The van der Waals surface area contributed by atoms with E-state index in [4.69, 9.17) is 32.7 Å². The van der Waals surface area contributed by atoms with Crippen molar-refractivity contribution in [2.75, 3.05) is 51.7 Å². The second-order valence-corrected chi connectivity index (χ2v) is 16.6. The van der Waals surface area contributed by atoms with Crippen molar-refractivity contribution in [1.29, 1.82) is 0 Å². The van der Waals surface area contributed by atoms with E-state index in [-0.39, 0.29) is 34.7 Å². The molecule has 6 heterocycles. The van der Waals surface area contributed by atoms with Gasteiger partial charge in [-0.3, -0.25) is 24.2 Å². The van der Waals surface area contributed by atoms with Gasteiger partial charge in [0.2, 0.25) is 23.6 Å². The van der Waals surface area contributed by atoms with E-state index in [0.717, 1.165) is 85.6 Å². The highest BCUT2D eigenvalue weighted by Crippen LogP contribution is 2.44. The van der Waals surface area contributed by atoms with Gasteiger partial charge in [0.05, 0.1) is 17.7 Å². The summed E-state index contributed by atoms with van der Waals surface area (Å²) in [5.41, 5.74) is 6.17. The van der Waals surface area contributed by atoms with Gasteiger partial charge < -0.3 is 25.4 Å². The zero-order valence-electron chi connectivity index (χ0n) is 30.4. The lowest BCUT2D eigenvalue weighted by Gasteiger charge is -2.47. The van der Waals surface area contributed by atoms with Gasteiger partial charge in [0, 0.05) is 93.4 Å². The largest absolute Gasteiger partial charge is 0.481 e. The van der Waals surface area contributed by atoms with Crippen LogP contribution in [0.4, 0.5) is 5.82 Å². The van der Waals surface area contributed by atoms with Crippen molar-refractivity contribution in [3.63, 3.8) is 0 Å². The lowest BCUT2D eigenvalue weighted by Crippen LogP contribution is -2.56. The van der Waals surface area contributed by atoms with Gasteiger partial charge in [-0.2, -0.15) is 4.98 Å². The van der Waals surface area contributed by atoms with Crippen LogP contribution in [0.15, 0.2) is 60.8 Å². The van der Waals surface area contributed by atoms with Gasteiger partial charge in [-0.05, 0) is 53.3 Å². The minimum atomic E-state index is -0.346. The summed E-state index contributed by atoms with van der Waals surface area (Å²) in [5, 5.41) is 9.56. The number of anilines is 1. The van der Waals surface area contributed by atoms with Crippen LogP contribution in [-0.2, 0) is 29.1 Å². The number of rotatable bonds is 10. The molecule has 12 nitrogen and oxygen atoms in total. The first kappa shape index (κ1) is 35.9. The number of nitrogens with one attached hydrogen (secondary N) is 3. The Labute approximate surface area is 328 Å². The summed E-state index contributed by atoms with van der Waals surface area (Å²) < 4.78 is 12.1. The van der Waals surface area contributed by atoms with Gasteiger partial charge in [0.25, 0.3) is 5.91 Å². The molecule has 9 rings (SSSR count). The number of nitrogens with zero attached hydrogens (tertiary/aromatic N) is 4. The van der Waals surface area contributed by atoms with Crippen LogP contribution < -0.4 is 25.4 Å². The van der Waals surface area contributed by atoms with E-state index >= 15 is 0 Å². The minimum absolute atomic E-state index is 0.0271. The molecule has 2 aromatic heterocycles. The lowest BCUT2D eigenvalue weighted by molar-refractivity contribution is -0.121. The number of aromatic nitrogens is 2. The van der Waals surface area contributed by atoms with Gasteiger partial charge >= 0.3 is 0 Å².